The number of rotatable bonds is 1. The Hall–Kier alpha value is -2.89. The minimum atomic E-state index is 0.597. The maximum absolute atomic E-state index is 5.77. The molecule has 4 rings (SSSR count). The van der Waals surface area contributed by atoms with Crippen LogP contribution < -0.4 is 5.73 Å². The first kappa shape index (κ1) is 10.1. The van der Waals surface area contributed by atoms with E-state index in [1.54, 1.807) is 6.20 Å². The van der Waals surface area contributed by atoms with Crippen LogP contribution in [0.3, 0.4) is 0 Å². The molecule has 1 radical (unpaired) electrons. The van der Waals surface area contributed by atoms with Gasteiger partial charge in [0.2, 0.25) is 0 Å². The minimum Gasteiger partial charge on any atom is -0.397 e. The van der Waals surface area contributed by atoms with Gasteiger partial charge in [-0.2, -0.15) is 5.10 Å². The van der Waals surface area contributed by atoms with Crippen molar-refractivity contribution >= 4 is 27.8 Å². The van der Waals surface area contributed by atoms with Gasteiger partial charge in [0.1, 0.15) is 5.69 Å². The summed E-state index contributed by atoms with van der Waals surface area (Å²) in [5.74, 6) is 0.688. The summed E-state index contributed by atoms with van der Waals surface area (Å²) in [7, 11) is 0. The van der Waals surface area contributed by atoms with E-state index in [1.807, 2.05) is 24.3 Å². The third-order valence-electron chi connectivity index (χ3n) is 2.99. The standard InChI is InChI=1S/C13H9N6/c14-7-5-8-11(18-19-12(8)15-6-7)13-16-9-3-1-2-4-10(9)17-13/h1,3-6H,14H2,(H,16,17)(H,15,18,19). The molecule has 6 nitrogen and oxygen atoms in total. The zero-order chi connectivity index (χ0) is 12.8. The zero-order valence-electron chi connectivity index (χ0n) is 9.81. The van der Waals surface area contributed by atoms with Gasteiger partial charge in [0, 0.05) is 0 Å². The summed E-state index contributed by atoms with van der Waals surface area (Å²) in [4.78, 5) is 11.9. The van der Waals surface area contributed by atoms with Crippen LogP contribution in [0.1, 0.15) is 0 Å². The summed E-state index contributed by atoms with van der Waals surface area (Å²) in [6.45, 7) is 0. The Labute approximate surface area is 107 Å². The van der Waals surface area contributed by atoms with Crippen LogP contribution in [0.2, 0.25) is 0 Å². The highest BCUT2D eigenvalue weighted by atomic mass is 15.2. The van der Waals surface area contributed by atoms with Crippen LogP contribution in [0.4, 0.5) is 5.69 Å². The third kappa shape index (κ3) is 1.46. The van der Waals surface area contributed by atoms with Gasteiger partial charge >= 0.3 is 0 Å². The molecule has 0 amide bonds. The number of H-pyrrole nitrogens is 2. The minimum absolute atomic E-state index is 0.597. The fourth-order valence-corrected chi connectivity index (χ4v) is 2.11. The number of nitrogens with one attached hydrogen (secondary N) is 2. The average Bonchev–Trinajstić information content (AvgIpc) is 3.00. The second kappa shape index (κ2) is 3.55. The lowest BCUT2D eigenvalue weighted by atomic mass is 10.2. The molecule has 0 aliphatic heterocycles. The molecular formula is C13H9N6. The Morgan fingerprint density at radius 2 is 2.26 bits per heavy atom. The van der Waals surface area contributed by atoms with Crippen LogP contribution >= 0.6 is 0 Å². The number of aromatic amines is 2. The quantitative estimate of drug-likeness (QED) is 0.480. The van der Waals surface area contributed by atoms with Crippen LogP contribution in [0, 0.1) is 6.07 Å². The van der Waals surface area contributed by atoms with E-state index in [1.165, 1.54) is 0 Å². The fourth-order valence-electron chi connectivity index (χ4n) is 2.11. The maximum Gasteiger partial charge on any atom is 0.159 e. The van der Waals surface area contributed by atoms with Crippen LogP contribution in [0.5, 0.6) is 0 Å². The fraction of sp³-hybridized carbons (Fsp3) is 0. The summed E-state index contributed by atoms with van der Waals surface area (Å²) in [5, 5.41) is 7.98. The highest BCUT2D eigenvalue weighted by Gasteiger charge is 2.13. The van der Waals surface area contributed by atoms with Crippen molar-refractivity contribution in [3.8, 4) is 11.5 Å². The maximum atomic E-state index is 5.77. The van der Waals surface area contributed by atoms with E-state index in [4.69, 9.17) is 5.73 Å². The summed E-state index contributed by atoms with van der Waals surface area (Å²) < 4.78 is 0. The summed E-state index contributed by atoms with van der Waals surface area (Å²) in [6.07, 6.45) is 1.60. The number of fused-ring (bicyclic) bond motifs is 2. The SMILES string of the molecule is Nc1cnc2[nH]nc(-c3nc4cc[c]cc4[nH]3)c2c1. The summed E-state index contributed by atoms with van der Waals surface area (Å²) in [6, 6.07) is 10.4. The lowest BCUT2D eigenvalue weighted by Crippen LogP contribution is -1.86. The van der Waals surface area contributed by atoms with Gasteiger partial charge in [-0.1, -0.05) is 6.07 Å². The predicted octanol–water partition coefficient (Wildman–Crippen LogP) is 1.88. The first-order valence-corrected chi connectivity index (χ1v) is 5.77. The number of pyridine rings is 1. The number of nitrogens with zero attached hydrogens (tertiary/aromatic N) is 3. The second-order valence-corrected chi connectivity index (χ2v) is 4.27. The van der Waals surface area contributed by atoms with E-state index in [2.05, 4.69) is 31.2 Å². The molecule has 6 heteroatoms. The van der Waals surface area contributed by atoms with Crippen molar-refractivity contribution in [2.24, 2.45) is 0 Å². The Bertz CT molecular complexity index is 855. The number of imidazole rings is 1. The van der Waals surface area contributed by atoms with E-state index in [0.29, 0.717) is 22.9 Å². The number of hydrogen-bond acceptors (Lipinski definition) is 4. The molecule has 0 saturated carbocycles. The molecule has 19 heavy (non-hydrogen) atoms. The van der Waals surface area contributed by atoms with E-state index in [9.17, 15) is 0 Å². The van der Waals surface area contributed by atoms with Crippen molar-refractivity contribution in [2.45, 2.75) is 0 Å². The van der Waals surface area contributed by atoms with Gasteiger partial charge in [0.25, 0.3) is 0 Å². The van der Waals surface area contributed by atoms with Gasteiger partial charge in [-0.05, 0) is 24.3 Å². The summed E-state index contributed by atoms with van der Waals surface area (Å²) >= 11 is 0. The van der Waals surface area contributed by atoms with Crippen LogP contribution in [0.25, 0.3) is 33.6 Å². The van der Waals surface area contributed by atoms with Crippen LogP contribution in [-0.4, -0.2) is 25.1 Å². The highest BCUT2D eigenvalue weighted by molar-refractivity contribution is 5.92. The number of benzene rings is 1. The molecule has 0 saturated heterocycles. The number of anilines is 1. The largest absolute Gasteiger partial charge is 0.397 e. The molecule has 0 fully saturated rings. The molecule has 0 atom stereocenters. The first-order valence-electron chi connectivity index (χ1n) is 5.77. The average molecular weight is 249 g/mol. The number of nitrogen functional groups attached to an aromatic ring is 1. The lowest BCUT2D eigenvalue weighted by Gasteiger charge is -1.93. The molecule has 0 spiro atoms. The Morgan fingerprint density at radius 1 is 1.32 bits per heavy atom. The molecule has 3 aromatic heterocycles. The van der Waals surface area contributed by atoms with E-state index >= 15 is 0 Å². The molecule has 0 unspecified atom stereocenters. The highest BCUT2D eigenvalue weighted by Crippen LogP contribution is 2.26. The lowest BCUT2D eigenvalue weighted by molar-refractivity contribution is 1.09. The Morgan fingerprint density at radius 3 is 3.16 bits per heavy atom. The molecule has 0 aliphatic carbocycles. The van der Waals surface area contributed by atoms with E-state index < -0.39 is 0 Å². The molecule has 4 aromatic rings. The Balaban J connectivity index is 2.00. The number of hydrogen-bond donors (Lipinski definition) is 3. The second-order valence-electron chi connectivity index (χ2n) is 4.27. The van der Waals surface area contributed by atoms with Gasteiger partial charge in [0.05, 0.1) is 28.3 Å². The van der Waals surface area contributed by atoms with Gasteiger partial charge in [-0.3, -0.25) is 5.10 Å². The van der Waals surface area contributed by atoms with Gasteiger partial charge in [-0.25, -0.2) is 9.97 Å². The first-order chi connectivity index (χ1) is 9.31. The normalized spacial score (nSPS) is 11.4. The van der Waals surface area contributed by atoms with Crippen molar-refractivity contribution < 1.29 is 0 Å². The molecular weight excluding hydrogens is 240 g/mol. The van der Waals surface area contributed by atoms with Crippen LogP contribution in [0.15, 0.2) is 30.5 Å². The molecule has 91 valence electrons. The van der Waals surface area contributed by atoms with Gasteiger partial charge in [-0.15, -0.1) is 0 Å². The van der Waals surface area contributed by atoms with Gasteiger partial charge in [0.15, 0.2) is 11.5 Å². The predicted molar refractivity (Wildman–Crippen MR) is 72.2 cm³/mol. The summed E-state index contributed by atoms with van der Waals surface area (Å²) in [5.41, 5.74) is 9.57. The molecule has 3 heterocycles. The van der Waals surface area contributed by atoms with Crippen molar-refractivity contribution in [3.05, 3.63) is 36.5 Å². The molecule has 4 N–H and O–H groups in total. The van der Waals surface area contributed by atoms with Crippen molar-refractivity contribution in [1.29, 1.82) is 0 Å². The van der Waals surface area contributed by atoms with Crippen molar-refractivity contribution in [1.82, 2.24) is 25.1 Å². The molecule has 0 bridgehead atoms. The van der Waals surface area contributed by atoms with Crippen LogP contribution in [-0.2, 0) is 0 Å². The smallest absolute Gasteiger partial charge is 0.159 e. The van der Waals surface area contributed by atoms with E-state index in [-0.39, 0.29) is 0 Å². The van der Waals surface area contributed by atoms with Crippen molar-refractivity contribution in [2.75, 3.05) is 5.73 Å². The van der Waals surface area contributed by atoms with E-state index in [0.717, 1.165) is 16.4 Å². The monoisotopic (exact) mass is 249 g/mol. The molecule has 0 aliphatic rings. The number of nitrogens with two attached hydrogens (primary N) is 1. The number of aromatic nitrogens is 5. The van der Waals surface area contributed by atoms with Crippen molar-refractivity contribution in [3.63, 3.8) is 0 Å². The zero-order valence-corrected chi connectivity index (χ0v) is 9.81. The Kier molecular flexibility index (Phi) is 1.88. The van der Waals surface area contributed by atoms with Gasteiger partial charge < -0.3 is 10.7 Å². The molecule has 1 aromatic carbocycles. The third-order valence-corrected chi connectivity index (χ3v) is 2.99. The topological polar surface area (TPSA) is 96.3 Å².